The van der Waals surface area contributed by atoms with Crippen LogP contribution in [0.1, 0.15) is 16.1 Å². The van der Waals surface area contributed by atoms with Gasteiger partial charge in [0.15, 0.2) is 5.75 Å². The highest BCUT2D eigenvalue weighted by Crippen LogP contribution is 2.30. The summed E-state index contributed by atoms with van der Waals surface area (Å²) in [5.74, 6) is -1.02. The van der Waals surface area contributed by atoms with Gasteiger partial charge in [0.1, 0.15) is 29.3 Å². The van der Waals surface area contributed by atoms with Crippen LogP contribution in [0.15, 0.2) is 60.8 Å². The molecule has 0 bridgehead atoms. The molecule has 28 heavy (non-hydrogen) atoms. The van der Waals surface area contributed by atoms with Crippen LogP contribution in [0.4, 0.5) is 0 Å². The Labute approximate surface area is 164 Å². The molecule has 0 saturated carbocycles. The third kappa shape index (κ3) is 3.35. The Balaban J connectivity index is 1.60. The van der Waals surface area contributed by atoms with Crippen molar-refractivity contribution in [3.8, 4) is 17.2 Å². The number of carboxylic acid groups (broad SMARTS) is 1. The van der Waals surface area contributed by atoms with Crippen LogP contribution in [0.25, 0.3) is 16.5 Å². The first-order chi connectivity index (χ1) is 13.5. The standard InChI is InChI=1S/C20H14ClN3O4/c21-13-8-16(20(26)27)19(25)17(9-13)24-10-14(22-23-24)11-28-18-7-3-5-12-4-1-2-6-15(12)18/h1-10,25H,11H2,(H,26,27). The van der Waals surface area contributed by atoms with Gasteiger partial charge < -0.3 is 14.9 Å². The number of benzene rings is 3. The molecule has 0 unspecified atom stereocenters. The number of nitrogens with zero attached hydrogens (tertiary/aromatic N) is 3. The number of aromatic hydroxyl groups is 1. The van der Waals surface area contributed by atoms with E-state index < -0.39 is 11.7 Å². The van der Waals surface area contributed by atoms with Gasteiger partial charge in [0.05, 0.1) is 6.20 Å². The van der Waals surface area contributed by atoms with E-state index >= 15 is 0 Å². The summed E-state index contributed by atoms with van der Waals surface area (Å²) in [5.41, 5.74) is 0.310. The van der Waals surface area contributed by atoms with Crippen LogP contribution in [0.3, 0.4) is 0 Å². The summed E-state index contributed by atoms with van der Waals surface area (Å²) in [5, 5.41) is 29.6. The van der Waals surface area contributed by atoms with Gasteiger partial charge >= 0.3 is 5.97 Å². The van der Waals surface area contributed by atoms with Crippen molar-refractivity contribution in [3.05, 3.63) is 77.1 Å². The van der Waals surface area contributed by atoms with E-state index in [1.165, 1.54) is 16.8 Å². The number of aromatic carboxylic acids is 1. The summed E-state index contributed by atoms with van der Waals surface area (Å²) >= 11 is 5.96. The average molecular weight is 396 g/mol. The Hall–Kier alpha value is -3.58. The molecule has 140 valence electrons. The Bertz CT molecular complexity index is 1180. The number of hydrogen-bond acceptors (Lipinski definition) is 5. The average Bonchev–Trinajstić information content (AvgIpc) is 3.16. The van der Waals surface area contributed by atoms with Crippen molar-refractivity contribution in [3.63, 3.8) is 0 Å². The zero-order valence-electron chi connectivity index (χ0n) is 14.4. The molecule has 0 aliphatic rings. The number of hydrogen-bond donors (Lipinski definition) is 2. The summed E-state index contributed by atoms with van der Waals surface area (Å²) in [6.45, 7) is 0.154. The second kappa shape index (κ2) is 7.21. The molecule has 8 heteroatoms. The maximum Gasteiger partial charge on any atom is 0.339 e. The fourth-order valence-corrected chi connectivity index (χ4v) is 3.09. The smallest absolute Gasteiger partial charge is 0.339 e. The molecule has 0 spiro atoms. The van der Waals surface area contributed by atoms with Gasteiger partial charge in [-0.2, -0.15) is 0 Å². The van der Waals surface area contributed by atoms with E-state index in [2.05, 4.69) is 10.3 Å². The zero-order valence-corrected chi connectivity index (χ0v) is 15.2. The fraction of sp³-hybridized carbons (Fsp3) is 0.0500. The molecule has 4 aromatic rings. The molecule has 0 aliphatic carbocycles. The number of halogens is 1. The number of carboxylic acids is 1. The fourth-order valence-electron chi connectivity index (χ4n) is 2.88. The first-order valence-electron chi connectivity index (χ1n) is 8.31. The van der Waals surface area contributed by atoms with Crippen molar-refractivity contribution in [2.24, 2.45) is 0 Å². The molecule has 0 fully saturated rings. The Morgan fingerprint density at radius 1 is 1.14 bits per heavy atom. The lowest BCUT2D eigenvalue weighted by molar-refractivity contribution is 0.0693. The lowest BCUT2D eigenvalue weighted by Crippen LogP contribution is -2.02. The summed E-state index contributed by atoms with van der Waals surface area (Å²) in [6, 6.07) is 16.2. The quantitative estimate of drug-likeness (QED) is 0.529. The van der Waals surface area contributed by atoms with Crippen LogP contribution in [0.5, 0.6) is 11.5 Å². The van der Waals surface area contributed by atoms with Crippen LogP contribution < -0.4 is 4.74 Å². The first-order valence-corrected chi connectivity index (χ1v) is 8.68. The third-order valence-corrected chi connectivity index (χ3v) is 4.42. The van der Waals surface area contributed by atoms with E-state index in [1.807, 2.05) is 42.5 Å². The SMILES string of the molecule is O=C(O)c1cc(Cl)cc(-n2cc(COc3cccc4ccccc34)nn2)c1O. The molecule has 3 aromatic carbocycles. The van der Waals surface area contributed by atoms with E-state index in [1.54, 1.807) is 6.20 Å². The van der Waals surface area contributed by atoms with E-state index in [-0.39, 0.29) is 22.9 Å². The van der Waals surface area contributed by atoms with Crippen LogP contribution in [0, 0.1) is 0 Å². The molecule has 7 nitrogen and oxygen atoms in total. The highest BCUT2D eigenvalue weighted by molar-refractivity contribution is 6.31. The Morgan fingerprint density at radius 3 is 2.75 bits per heavy atom. The van der Waals surface area contributed by atoms with Gasteiger partial charge in [-0.25, -0.2) is 9.48 Å². The second-order valence-electron chi connectivity index (χ2n) is 6.05. The van der Waals surface area contributed by atoms with Crippen LogP contribution >= 0.6 is 11.6 Å². The lowest BCUT2D eigenvalue weighted by atomic mass is 10.1. The van der Waals surface area contributed by atoms with Crippen LogP contribution in [0.2, 0.25) is 5.02 Å². The maximum atomic E-state index is 11.2. The third-order valence-electron chi connectivity index (χ3n) is 4.20. The number of ether oxygens (including phenoxy) is 1. The molecular weight excluding hydrogens is 382 g/mol. The van der Waals surface area contributed by atoms with Crippen LogP contribution in [-0.4, -0.2) is 31.2 Å². The minimum atomic E-state index is -1.29. The van der Waals surface area contributed by atoms with Crippen molar-refractivity contribution in [2.75, 3.05) is 0 Å². The van der Waals surface area contributed by atoms with Gasteiger partial charge in [0, 0.05) is 10.4 Å². The highest BCUT2D eigenvalue weighted by Gasteiger charge is 2.17. The molecule has 0 aliphatic heterocycles. The number of phenols is 1. The molecule has 4 rings (SSSR count). The minimum absolute atomic E-state index is 0.119. The van der Waals surface area contributed by atoms with Gasteiger partial charge in [-0.1, -0.05) is 53.2 Å². The van der Waals surface area contributed by atoms with E-state index in [0.29, 0.717) is 11.4 Å². The van der Waals surface area contributed by atoms with Gasteiger partial charge in [-0.05, 0) is 23.6 Å². The van der Waals surface area contributed by atoms with E-state index in [9.17, 15) is 15.0 Å². The predicted octanol–water partition coefficient (Wildman–Crippen LogP) is 4.06. The minimum Gasteiger partial charge on any atom is -0.505 e. The van der Waals surface area contributed by atoms with Crippen molar-refractivity contribution >= 4 is 28.3 Å². The molecule has 1 aromatic heterocycles. The van der Waals surface area contributed by atoms with Gasteiger partial charge in [-0.3, -0.25) is 0 Å². The summed E-state index contributed by atoms with van der Waals surface area (Å²) in [4.78, 5) is 11.2. The molecule has 2 N–H and O–H groups in total. The van der Waals surface area contributed by atoms with E-state index in [4.69, 9.17) is 16.3 Å². The number of aromatic nitrogens is 3. The van der Waals surface area contributed by atoms with Crippen LogP contribution in [-0.2, 0) is 6.61 Å². The Kier molecular flexibility index (Phi) is 4.58. The summed E-state index contributed by atoms with van der Waals surface area (Å²) in [6.07, 6.45) is 1.54. The molecule has 0 amide bonds. The van der Waals surface area contributed by atoms with Gasteiger partial charge in [-0.15, -0.1) is 5.10 Å². The maximum absolute atomic E-state index is 11.2. The molecule has 1 heterocycles. The summed E-state index contributed by atoms with van der Waals surface area (Å²) in [7, 11) is 0. The first kappa shape index (κ1) is 17.8. The number of carbonyl (C=O) groups is 1. The van der Waals surface area contributed by atoms with E-state index in [0.717, 1.165) is 10.8 Å². The Morgan fingerprint density at radius 2 is 1.93 bits per heavy atom. The molecular formula is C20H14ClN3O4. The lowest BCUT2D eigenvalue weighted by Gasteiger charge is -2.08. The second-order valence-corrected chi connectivity index (χ2v) is 6.48. The molecule has 0 saturated heterocycles. The van der Waals surface area contributed by atoms with Crippen molar-refractivity contribution in [1.29, 1.82) is 0 Å². The monoisotopic (exact) mass is 395 g/mol. The van der Waals surface area contributed by atoms with Crippen molar-refractivity contribution in [2.45, 2.75) is 6.61 Å². The predicted molar refractivity (Wildman–Crippen MR) is 103 cm³/mol. The largest absolute Gasteiger partial charge is 0.505 e. The highest BCUT2D eigenvalue weighted by atomic mass is 35.5. The molecule has 0 radical (unpaired) electrons. The zero-order chi connectivity index (χ0) is 19.7. The number of rotatable bonds is 5. The van der Waals surface area contributed by atoms with Gasteiger partial charge in [0.25, 0.3) is 0 Å². The van der Waals surface area contributed by atoms with Crippen molar-refractivity contribution in [1.82, 2.24) is 15.0 Å². The van der Waals surface area contributed by atoms with Crippen molar-refractivity contribution < 1.29 is 19.7 Å². The number of fused-ring (bicyclic) bond motifs is 1. The summed E-state index contributed by atoms with van der Waals surface area (Å²) < 4.78 is 7.13. The molecule has 0 atom stereocenters. The topological polar surface area (TPSA) is 97.5 Å². The normalized spacial score (nSPS) is 10.9. The van der Waals surface area contributed by atoms with Gasteiger partial charge in [0.2, 0.25) is 0 Å².